The van der Waals surface area contributed by atoms with Crippen LogP contribution < -0.4 is 10.6 Å². The highest BCUT2D eigenvalue weighted by Gasteiger charge is 2.29. The molecule has 0 bridgehead atoms. The van der Waals surface area contributed by atoms with Gasteiger partial charge in [-0.1, -0.05) is 0 Å². The molecular weight excluding hydrogens is 288 g/mol. The molecule has 3 heterocycles. The zero-order valence-electron chi connectivity index (χ0n) is 14.3. The van der Waals surface area contributed by atoms with Crippen LogP contribution in [0.25, 0.3) is 0 Å². The molecule has 2 aliphatic rings. The Kier molecular flexibility index (Phi) is 5.16. The lowest BCUT2D eigenvalue weighted by molar-refractivity contribution is 0.159. The summed E-state index contributed by atoms with van der Waals surface area (Å²) in [5, 5.41) is 6.65. The van der Waals surface area contributed by atoms with Gasteiger partial charge < -0.3 is 15.5 Å². The number of pyridine rings is 1. The van der Waals surface area contributed by atoms with Crippen molar-refractivity contribution in [3.8, 4) is 0 Å². The molecule has 5 nitrogen and oxygen atoms in total. The van der Waals surface area contributed by atoms with E-state index < -0.39 is 0 Å². The third-order valence-corrected chi connectivity index (χ3v) is 5.28. The monoisotopic (exact) mass is 316 g/mol. The number of likely N-dealkylation sites (tertiary alicyclic amines) is 1. The van der Waals surface area contributed by atoms with Crippen LogP contribution in [-0.4, -0.2) is 41.6 Å². The van der Waals surface area contributed by atoms with Crippen LogP contribution in [0.15, 0.2) is 12.3 Å². The Hall–Kier alpha value is -1.62. The van der Waals surface area contributed by atoms with Gasteiger partial charge >= 0.3 is 6.03 Å². The van der Waals surface area contributed by atoms with Crippen LogP contribution in [0.2, 0.25) is 0 Å². The van der Waals surface area contributed by atoms with Crippen molar-refractivity contribution >= 4 is 6.03 Å². The third kappa shape index (κ3) is 4.02. The molecule has 0 saturated carbocycles. The van der Waals surface area contributed by atoms with Gasteiger partial charge in [0, 0.05) is 37.6 Å². The second kappa shape index (κ2) is 7.30. The Morgan fingerprint density at radius 1 is 1.35 bits per heavy atom. The van der Waals surface area contributed by atoms with Crippen molar-refractivity contribution in [3.05, 3.63) is 29.1 Å². The number of urea groups is 1. The minimum Gasteiger partial charge on any atom is -0.334 e. The molecule has 2 saturated heterocycles. The molecule has 0 radical (unpaired) electrons. The first-order valence-corrected chi connectivity index (χ1v) is 8.82. The van der Waals surface area contributed by atoms with Crippen LogP contribution in [0.3, 0.4) is 0 Å². The van der Waals surface area contributed by atoms with Crippen molar-refractivity contribution in [3.63, 3.8) is 0 Å². The number of piperidine rings is 1. The molecule has 1 unspecified atom stereocenters. The normalized spacial score (nSPS) is 22.3. The summed E-state index contributed by atoms with van der Waals surface area (Å²) in [7, 11) is 0. The fourth-order valence-electron chi connectivity index (χ4n) is 3.81. The van der Waals surface area contributed by atoms with Crippen molar-refractivity contribution in [1.29, 1.82) is 0 Å². The maximum Gasteiger partial charge on any atom is 0.317 e. The Morgan fingerprint density at radius 3 is 2.78 bits per heavy atom. The second-order valence-electron chi connectivity index (χ2n) is 6.94. The largest absolute Gasteiger partial charge is 0.334 e. The summed E-state index contributed by atoms with van der Waals surface area (Å²) >= 11 is 0. The van der Waals surface area contributed by atoms with E-state index in [1.54, 1.807) is 0 Å². The first kappa shape index (κ1) is 16.2. The smallest absolute Gasteiger partial charge is 0.317 e. The molecular formula is C18H28N4O. The SMILES string of the molecule is Cc1cc(C)c(CNC(=O)N2CCC(C3CCCN3)CC2)cn1. The minimum absolute atomic E-state index is 0.0582. The first-order valence-electron chi connectivity index (χ1n) is 8.82. The van der Waals surface area contributed by atoms with Gasteiger partial charge in [-0.25, -0.2) is 4.79 Å². The van der Waals surface area contributed by atoms with E-state index in [1.165, 1.54) is 18.4 Å². The number of amides is 2. The highest BCUT2D eigenvalue weighted by Crippen LogP contribution is 2.25. The summed E-state index contributed by atoms with van der Waals surface area (Å²) in [6.45, 7) is 7.52. The van der Waals surface area contributed by atoms with Gasteiger partial charge in [0.2, 0.25) is 0 Å². The summed E-state index contributed by atoms with van der Waals surface area (Å²) in [4.78, 5) is 18.6. The average Bonchev–Trinajstić information content (AvgIpc) is 3.08. The van der Waals surface area contributed by atoms with Crippen molar-refractivity contribution < 1.29 is 4.79 Å². The van der Waals surface area contributed by atoms with E-state index in [4.69, 9.17) is 0 Å². The Bertz CT molecular complexity index is 546. The molecule has 126 valence electrons. The van der Waals surface area contributed by atoms with Crippen molar-refractivity contribution in [1.82, 2.24) is 20.5 Å². The number of hydrogen-bond donors (Lipinski definition) is 2. The maximum absolute atomic E-state index is 12.4. The number of nitrogens with zero attached hydrogens (tertiary/aromatic N) is 2. The molecule has 1 atom stereocenters. The molecule has 0 spiro atoms. The van der Waals surface area contributed by atoms with Gasteiger partial charge in [-0.05, 0) is 69.2 Å². The number of carbonyl (C=O) groups is 1. The van der Waals surface area contributed by atoms with Gasteiger partial charge in [0.1, 0.15) is 0 Å². The fourth-order valence-corrected chi connectivity index (χ4v) is 3.81. The van der Waals surface area contributed by atoms with E-state index >= 15 is 0 Å². The minimum atomic E-state index is 0.0582. The molecule has 23 heavy (non-hydrogen) atoms. The van der Waals surface area contributed by atoms with Crippen molar-refractivity contribution in [2.24, 2.45) is 5.92 Å². The molecule has 2 amide bonds. The maximum atomic E-state index is 12.4. The topological polar surface area (TPSA) is 57.3 Å². The van der Waals surface area contributed by atoms with E-state index in [-0.39, 0.29) is 6.03 Å². The van der Waals surface area contributed by atoms with E-state index in [1.807, 2.05) is 18.0 Å². The molecule has 1 aromatic heterocycles. The van der Waals surface area contributed by atoms with Gasteiger partial charge in [-0.15, -0.1) is 0 Å². The van der Waals surface area contributed by atoms with E-state index in [9.17, 15) is 4.79 Å². The molecule has 2 N–H and O–H groups in total. The summed E-state index contributed by atoms with van der Waals surface area (Å²) in [5.41, 5.74) is 3.29. The summed E-state index contributed by atoms with van der Waals surface area (Å²) < 4.78 is 0. The average molecular weight is 316 g/mol. The van der Waals surface area contributed by atoms with Crippen molar-refractivity contribution in [2.45, 2.75) is 52.1 Å². The Labute approximate surface area is 138 Å². The lowest BCUT2D eigenvalue weighted by Crippen LogP contribution is -2.47. The predicted molar refractivity (Wildman–Crippen MR) is 91.3 cm³/mol. The van der Waals surface area contributed by atoms with Gasteiger partial charge in [0.05, 0.1) is 0 Å². The van der Waals surface area contributed by atoms with Crippen LogP contribution in [0.4, 0.5) is 4.79 Å². The first-order chi connectivity index (χ1) is 11.1. The highest BCUT2D eigenvalue weighted by molar-refractivity contribution is 5.74. The predicted octanol–water partition coefficient (Wildman–Crippen LogP) is 2.37. The standard InChI is InChI=1S/C18H28N4O/c1-13-10-14(2)20-11-16(13)12-21-18(23)22-8-5-15(6-9-22)17-4-3-7-19-17/h10-11,15,17,19H,3-9,12H2,1-2H3,(H,21,23). The fraction of sp³-hybridized carbons (Fsp3) is 0.667. The summed E-state index contributed by atoms with van der Waals surface area (Å²) in [6, 6.07) is 2.80. The van der Waals surface area contributed by atoms with Gasteiger partial charge in [-0.2, -0.15) is 0 Å². The molecule has 0 aromatic carbocycles. The second-order valence-corrected chi connectivity index (χ2v) is 6.94. The van der Waals surface area contributed by atoms with E-state index in [0.717, 1.165) is 49.7 Å². The summed E-state index contributed by atoms with van der Waals surface area (Å²) in [6.07, 6.45) is 6.71. The van der Waals surface area contributed by atoms with E-state index in [0.29, 0.717) is 12.6 Å². The Morgan fingerprint density at radius 2 is 2.13 bits per heavy atom. The number of rotatable bonds is 3. The lowest BCUT2D eigenvalue weighted by Gasteiger charge is -2.34. The number of hydrogen-bond acceptors (Lipinski definition) is 3. The number of aromatic nitrogens is 1. The molecule has 5 heteroatoms. The molecule has 1 aromatic rings. The molecule has 0 aliphatic carbocycles. The number of carbonyl (C=O) groups excluding carboxylic acids is 1. The van der Waals surface area contributed by atoms with Crippen LogP contribution in [0, 0.1) is 19.8 Å². The van der Waals surface area contributed by atoms with Crippen LogP contribution >= 0.6 is 0 Å². The van der Waals surface area contributed by atoms with Gasteiger partial charge in [0.25, 0.3) is 0 Å². The van der Waals surface area contributed by atoms with Crippen molar-refractivity contribution in [2.75, 3.05) is 19.6 Å². The van der Waals surface area contributed by atoms with Crippen LogP contribution in [0.5, 0.6) is 0 Å². The van der Waals surface area contributed by atoms with Crippen LogP contribution in [0.1, 0.15) is 42.5 Å². The Balaban J connectivity index is 1.46. The lowest BCUT2D eigenvalue weighted by atomic mass is 9.89. The third-order valence-electron chi connectivity index (χ3n) is 5.28. The zero-order chi connectivity index (χ0) is 16.2. The number of aryl methyl sites for hydroxylation is 2. The molecule has 3 rings (SSSR count). The zero-order valence-corrected chi connectivity index (χ0v) is 14.3. The van der Waals surface area contributed by atoms with Gasteiger partial charge in [0.15, 0.2) is 0 Å². The molecule has 2 aliphatic heterocycles. The van der Waals surface area contributed by atoms with E-state index in [2.05, 4.69) is 28.6 Å². The van der Waals surface area contributed by atoms with Gasteiger partial charge in [-0.3, -0.25) is 4.98 Å². The summed E-state index contributed by atoms with van der Waals surface area (Å²) in [5.74, 6) is 0.741. The molecule has 2 fully saturated rings. The van der Waals surface area contributed by atoms with Crippen LogP contribution in [-0.2, 0) is 6.54 Å². The highest BCUT2D eigenvalue weighted by atomic mass is 16.2. The number of nitrogens with one attached hydrogen (secondary N) is 2. The quantitative estimate of drug-likeness (QED) is 0.900.